The van der Waals surface area contributed by atoms with E-state index >= 15 is 0 Å². The zero-order valence-corrected chi connectivity index (χ0v) is 12.5. The third kappa shape index (κ3) is 4.20. The Bertz CT molecular complexity index is 701. The summed E-state index contributed by atoms with van der Waals surface area (Å²) in [6.07, 6.45) is 0. The van der Waals surface area contributed by atoms with Gasteiger partial charge in [0.05, 0.1) is 4.92 Å². The third-order valence-corrected chi connectivity index (χ3v) is 3.12. The molecule has 0 bridgehead atoms. The summed E-state index contributed by atoms with van der Waals surface area (Å²) in [5, 5.41) is 13.8. The van der Waals surface area contributed by atoms with Crippen LogP contribution in [0, 0.1) is 17.0 Å². The molecule has 6 nitrogen and oxygen atoms in total. The van der Waals surface area contributed by atoms with Crippen LogP contribution in [0.2, 0.25) is 5.02 Å². The molecule has 2 aromatic carbocycles. The summed E-state index contributed by atoms with van der Waals surface area (Å²) >= 11 is 5.84. The average Bonchev–Trinajstić information content (AvgIpc) is 2.48. The molecular weight excluding hydrogens is 308 g/mol. The lowest BCUT2D eigenvalue weighted by molar-refractivity contribution is -0.384. The van der Waals surface area contributed by atoms with Gasteiger partial charge < -0.3 is 10.1 Å². The number of hydrogen-bond donors (Lipinski definition) is 1. The fourth-order valence-corrected chi connectivity index (χ4v) is 1.99. The number of carbonyl (C=O) groups is 1. The van der Waals surface area contributed by atoms with Crippen molar-refractivity contribution in [3.63, 3.8) is 0 Å². The molecule has 0 aliphatic rings. The van der Waals surface area contributed by atoms with Crippen molar-refractivity contribution in [2.45, 2.75) is 6.92 Å². The van der Waals surface area contributed by atoms with Crippen LogP contribution in [0.1, 0.15) is 5.56 Å². The van der Waals surface area contributed by atoms with Crippen LogP contribution in [-0.4, -0.2) is 17.4 Å². The number of halogens is 1. The van der Waals surface area contributed by atoms with E-state index in [1.807, 2.05) is 6.92 Å². The van der Waals surface area contributed by atoms with Gasteiger partial charge in [-0.2, -0.15) is 0 Å². The van der Waals surface area contributed by atoms with Gasteiger partial charge in [0.1, 0.15) is 5.75 Å². The van der Waals surface area contributed by atoms with Gasteiger partial charge >= 0.3 is 0 Å². The number of carbonyl (C=O) groups excluding carboxylic acids is 1. The minimum Gasteiger partial charge on any atom is -0.484 e. The van der Waals surface area contributed by atoms with E-state index < -0.39 is 4.92 Å². The number of benzene rings is 2. The van der Waals surface area contributed by atoms with Crippen LogP contribution in [0.25, 0.3) is 0 Å². The zero-order chi connectivity index (χ0) is 16.1. The molecule has 0 aliphatic heterocycles. The predicted octanol–water partition coefficient (Wildman–Crippen LogP) is 3.57. The Labute approximate surface area is 131 Å². The second-order valence-electron chi connectivity index (χ2n) is 4.55. The van der Waals surface area contributed by atoms with E-state index in [9.17, 15) is 14.9 Å². The van der Waals surface area contributed by atoms with Gasteiger partial charge in [0, 0.05) is 22.8 Å². The molecule has 7 heteroatoms. The SMILES string of the molecule is Cc1cc(Cl)ccc1NC(=O)COc1ccc([N+](=O)[O-])cc1. The fraction of sp³-hybridized carbons (Fsp3) is 0.133. The Kier molecular flexibility index (Phi) is 4.95. The molecule has 114 valence electrons. The summed E-state index contributed by atoms with van der Waals surface area (Å²) in [6, 6.07) is 10.7. The summed E-state index contributed by atoms with van der Waals surface area (Å²) in [5.74, 6) is 0.0531. The lowest BCUT2D eigenvalue weighted by atomic mass is 10.2. The van der Waals surface area contributed by atoms with Crippen molar-refractivity contribution >= 4 is 28.9 Å². The molecular formula is C15H13ClN2O4. The largest absolute Gasteiger partial charge is 0.484 e. The molecule has 0 unspecified atom stereocenters. The van der Waals surface area contributed by atoms with E-state index in [0.717, 1.165) is 5.56 Å². The molecule has 2 aromatic rings. The normalized spacial score (nSPS) is 10.1. The maximum Gasteiger partial charge on any atom is 0.269 e. The fourth-order valence-electron chi connectivity index (χ4n) is 1.77. The zero-order valence-electron chi connectivity index (χ0n) is 11.7. The number of nitro benzene ring substituents is 1. The first-order valence-corrected chi connectivity index (χ1v) is 6.77. The summed E-state index contributed by atoms with van der Waals surface area (Å²) in [5.41, 5.74) is 1.46. The standard InChI is InChI=1S/C15H13ClN2O4/c1-10-8-11(16)2-7-14(10)17-15(19)9-22-13-5-3-12(4-6-13)18(20)21/h2-8H,9H2,1H3,(H,17,19). The maximum absolute atomic E-state index is 11.8. The molecule has 0 heterocycles. The molecule has 0 saturated heterocycles. The Hall–Kier alpha value is -2.60. The highest BCUT2D eigenvalue weighted by atomic mass is 35.5. The number of non-ortho nitro benzene ring substituents is 1. The number of aryl methyl sites for hydroxylation is 1. The van der Waals surface area contributed by atoms with E-state index in [1.54, 1.807) is 18.2 Å². The number of hydrogen-bond acceptors (Lipinski definition) is 4. The Balaban J connectivity index is 1.91. The lowest BCUT2D eigenvalue weighted by Crippen LogP contribution is -2.20. The van der Waals surface area contributed by atoms with E-state index in [-0.39, 0.29) is 18.2 Å². The minimum atomic E-state index is -0.500. The number of nitrogens with zero attached hydrogens (tertiary/aromatic N) is 1. The van der Waals surface area contributed by atoms with Crippen LogP contribution in [0.5, 0.6) is 5.75 Å². The Morgan fingerprint density at radius 3 is 2.55 bits per heavy atom. The van der Waals surface area contributed by atoms with Crippen LogP contribution >= 0.6 is 11.6 Å². The van der Waals surface area contributed by atoms with Crippen LogP contribution in [0.3, 0.4) is 0 Å². The highest BCUT2D eigenvalue weighted by molar-refractivity contribution is 6.30. The van der Waals surface area contributed by atoms with Gasteiger partial charge in [-0.3, -0.25) is 14.9 Å². The molecule has 0 aromatic heterocycles. The molecule has 22 heavy (non-hydrogen) atoms. The molecule has 0 radical (unpaired) electrons. The van der Waals surface area contributed by atoms with Gasteiger partial charge in [-0.25, -0.2) is 0 Å². The average molecular weight is 321 g/mol. The number of amides is 1. The quantitative estimate of drug-likeness (QED) is 0.674. The second kappa shape index (κ2) is 6.91. The van der Waals surface area contributed by atoms with Gasteiger partial charge in [-0.15, -0.1) is 0 Å². The van der Waals surface area contributed by atoms with Crippen molar-refractivity contribution in [3.05, 3.63) is 63.2 Å². The lowest BCUT2D eigenvalue weighted by Gasteiger charge is -2.09. The van der Waals surface area contributed by atoms with Gasteiger partial charge in [-0.1, -0.05) is 11.6 Å². The van der Waals surface area contributed by atoms with Crippen molar-refractivity contribution in [3.8, 4) is 5.75 Å². The highest BCUT2D eigenvalue weighted by Gasteiger charge is 2.08. The number of rotatable bonds is 5. The van der Waals surface area contributed by atoms with Crippen molar-refractivity contribution in [2.75, 3.05) is 11.9 Å². The molecule has 1 amide bonds. The molecule has 1 N–H and O–H groups in total. The van der Waals surface area contributed by atoms with Crippen LogP contribution in [0.4, 0.5) is 11.4 Å². The summed E-state index contributed by atoms with van der Waals surface area (Å²) in [7, 11) is 0. The van der Waals surface area contributed by atoms with E-state index in [1.165, 1.54) is 24.3 Å². The first kappa shape index (κ1) is 15.8. The first-order chi connectivity index (χ1) is 10.5. The molecule has 0 spiro atoms. The van der Waals surface area contributed by atoms with Crippen molar-refractivity contribution < 1.29 is 14.5 Å². The van der Waals surface area contributed by atoms with Gasteiger partial charge in [-0.05, 0) is 42.8 Å². The monoisotopic (exact) mass is 320 g/mol. The molecule has 0 saturated carbocycles. The van der Waals surface area contributed by atoms with Gasteiger partial charge in [0.25, 0.3) is 11.6 Å². The maximum atomic E-state index is 11.8. The van der Waals surface area contributed by atoms with Crippen LogP contribution in [-0.2, 0) is 4.79 Å². The summed E-state index contributed by atoms with van der Waals surface area (Å²) < 4.78 is 5.28. The predicted molar refractivity (Wildman–Crippen MR) is 83.4 cm³/mol. The minimum absolute atomic E-state index is 0.0337. The molecule has 0 fully saturated rings. The Morgan fingerprint density at radius 1 is 1.27 bits per heavy atom. The van der Waals surface area contributed by atoms with Gasteiger partial charge in [0.15, 0.2) is 6.61 Å². The van der Waals surface area contributed by atoms with Crippen LogP contribution in [0.15, 0.2) is 42.5 Å². The topological polar surface area (TPSA) is 81.5 Å². The molecule has 0 aliphatic carbocycles. The molecule has 2 rings (SSSR count). The third-order valence-electron chi connectivity index (χ3n) is 2.88. The van der Waals surface area contributed by atoms with Crippen molar-refractivity contribution in [1.82, 2.24) is 0 Å². The van der Waals surface area contributed by atoms with E-state index in [0.29, 0.717) is 16.5 Å². The summed E-state index contributed by atoms with van der Waals surface area (Å²) in [6.45, 7) is 1.64. The van der Waals surface area contributed by atoms with E-state index in [2.05, 4.69) is 5.32 Å². The second-order valence-corrected chi connectivity index (χ2v) is 4.98. The smallest absolute Gasteiger partial charge is 0.269 e. The Morgan fingerprint density at radius 2 is 1.95 bits per heavy atom. The number of ether oxygens (including phenoxy) is 1. The first-order valence-electron chi connectivity index (χ1n) is 6.39. The van der Waals surface area contributed by atoms with Crippen molar-refractivity contribution in [1.29, 1.82) is 0 Å². The van der Waals surface area contributed by atoms with Crippen LogP contribution < -0.4 is 10.1 Å². The number of nitrogens with one attached hydrogen (secondary N) is 1. The van der Waals surface area contributed by atoms with Crippen molar-refractivity contribution in [2.24, 2.45) is 0 Å². The number of anilines is 1. The number of nitro groups is 1. The van der Waals surface area contributed by atoms with E-state index in [4.69, 9.17) is 16.3 Å². The van der Waals surface area contributed by atoms with Gasteiger partial charge in [0.2, 0.25) is 0 Å². The highest BCUT2D eigenvalue weighted by Crippen LogP contribution is 2.20. The molecule has 0 atom stereocenters. The summed E-state index contributed by atoms with van der Waals surface area (Å²) in [4.78, 5) is 21.8.